The van der Waals surface area contributed by atoms with Gasteiger partial charge in [-0.1, -0.05) is 0 Å². The Morgan fingerprint density at radius 2 is 2.00 bits per heavy atom. The van der Waals surface area contributed by atoms with Gasteiger partial charge in [-0.2, -0.15) is 0 Å². The van der Waals surface area contributed by atoms with Crippen LogP contribution >= 0.6 is 0 Å². The summed E-state index contributed by atoms with van der Waals surface area (Å²) in [5.74, 6) is 0.118. The molecule has 0 unspecified atom stereocenters. The van der Waals surface area contributed by atoms with Crippen molar-refractivity contribution in [1.29, 1.82) is 0 Å². The van der Waals surface area contributed by atoms with Crippen LogP contribution in [-0.4, -0.2) is 37.7 Å². The summed E-state index contributed by atoms with van der Waals surface area (Å²) in [4.78, 5) is 24.7. The number of carboxylic acid groups (broad SMARTS) is 1. The van der Waals surface area contributed by atoms with Crippen LogP contribution in [0.25, 0.3) is 0 Å². The van der Waals surface area contributed by atoms with E-state index in [1.165, 1.54) is 19.1 Å². The molecule has 6 heteroatoms. The number of carboxylic acids is 1. The second-order valence-electron chi connectivity index (χ2n) is 4.95. The molecule has 6 nitrogen and oxygen atoms in total. The molecule has 0 aliphatic heterocycles. The fourth-order valence-electron chi connectivity index (χ4n) is 2.12. The Morgan fingerprint density at radius 3 is 2.52 bits per heavy atom. The minimum Gasteiger partial charge on any atom is -0.497 e. The second kappa shape index (κ2) is 6.47. The van der Waals surface area contributed by atoms with E-state index in [1.807, 2.05) is 0 Å². The highest BCUT2D eigenvalue weighted by Crippen LogP contribution is 2.37. The van der Waals surface area contributed by atoms with Gasteiger partial charge < -0.3 is 19.5 Å². The number of benzene rings is 1. The lowest BCUT2D eigenvalue weighted by molar-refractivity contribution is -0.136. The third-order valence-corrected chi connectivity index (χ3v) is 3.42. The Balaban J connectivity index is 2.33. The molecule has 0 spiro atoms. The number of amides is 1. The van der Waals surface area contributed by atoms with E-state index in [-0.39, 0.29) is 24.8 Å². The quantitative estimate of drug-likeness (QED) is 0.831. The molecule has 21 heavy (non-hydrogen) atoms. The molecule has 0 aromatic heterocycles. The highest BCUT2D eigenvalue weighted by atomic mass is 16.5. The molecule has 1 aromatic carbocycles. The predicted octanol–water partition coefficient (Wildman–Crippen LogP) is 1.92. The van der Waals surface area contributed by atoms with Gasteiger partial charge in [0.2, 0.25) is 5.91 Å². The molecule has 0 bridgehead atoms. The standard InChI is InChI=1S/C15H19NO5/c1-20-11-5-6-13(21-2)12(9-11)16(8-7-14(17)18)15(19)10-3-4-10/h5-6,9-10H,3-4,7-8H2,1-2H3,(H,17,18). The zero-order valence-electron chi connectivity index (χ0n) is 12.2. The van der Waals surface area contributed by atoms with Crippen molar-refractivity contribution in [2.75, 3.05) is 25.7 Å². The van der Waals surface area contributed by atoms with Crippen LogP contribution in [0.1, 0.15) is 19.3 Å². The van der Waals surface area contributed by atoms with E-state index in [0.717, 1.165) is 12.8 Å². The zero-order valence-corrected chi connectivity index (χ0v) is 12.2. The van der Waals surface area contributed by atoms with Gasteiger partial charge in [-0.05, 0) is 25.0 Å². The van der Waals surface area contributed by atoms with Gasteiger partial charge in [-0.3, -0.25) is 9.59 Å². The van der Waals surface area contributed by atoms with Crippen LogP contribution in [-0.2, 0) is 9.59 Å². The van der Waals surface area contributed by atoms with E-state index in [2.05, 4.69) is 0 Å². The summed E-state index contributed by atoms with van der Waals surface area (Å²) in [5.41, 5.74) is 0.551. The van der Waals surface area contributed by atoms with Crippen molar-refractivity contribution in [2.45, 2.75) is 19.3 Å². The van der Waals surface area contributed by atoms with Crippen molar-refractivity contribution in [3.63, 3.8) is 0 Å². The largest absolute Gasteiger partial charge is 0.497 e. The number of ether oxygens (including phenoxy) is 2. The fraction of sp³-hybridized carbons (Fsp3) is 0.467. The maximum Gasteiger partial charge on any atom is 0.305 e. The van der Waals surface area contributed by atoms with Gasteiger partial charge in [0.05, 0.1) is 26.3 Å². The van der Waals surface area contributed by atoms with Gasteiger partial charge in [0.25, 0.3) is 0 Å². The Morgan fingerprint density at radius 1 is 1.29 bits per heavy atom. The van der Waals surface area contributed by atoms with E-state index >= 15 is 0 Å². The molecule has 1 saturated carbocycles. The normalized spacial score (nSPS) is 13.6. The Kier molecular flexibility index (Phi) is 4.67. The lowest BCUT2D eigenvalue weighted by Gasteiger charge is -2.24. The Hall–Kier alpha value is -2.24. The number of anilines is 1. The van der Waals surface area contributed by atoms with E-state index in [0.29, 0.717) is 17.2 Å². The molecule has 0 radical (unpaired) electrons. The predicted molar refractivity (Wildman–Crippen MR) is 76.9 cm³/mol. The molecule has 1 amide bonds. The van der Waals surface area contributed by atoms with Crippen molar-refractivity contribution in [3.05, 3.63) is 18.2 Å². The van der Waals surface area contributed by atoms with Crippen molar-refractivity contribution in [2.24, 2.45) is 5.92 Å². The number of rotatable bonds is 7. The summed E-state index contributed by atoms with van der Waals surface area (Å²) < 4.78 is 10.5. The zero-order chi connectivity index (χ0) is 15.4. The summed E-state index contributed by atoms with van der Waals surface area (Å²) >= 11 is 0. The molecular formula is C15H19NO5. The number of carbonyl (C=O) groups is 2. The number of nitrogens with zero attached hydrogens (tertiary/aromatic N) is 1. The van der Waals surface area contributed by atoms with Gasteiger partial charge >= 0.3 is 5.97 Å². The molecule has 1 fully saturated rings. The van der Waals surface area contributed by atoms with Crippen LogP contribution in [0.2, 0.25) is 0 Å². The first kappa shape index (κ1) is 15.2. The number of carbonyl (C=O) groups excluding carboxylic acids is 1. The average Bonchev–Trinajstić information content (AvgIpc) is 3.31. The van der Waals surface area contributed by atoms with Crippen LogP contribution in [0, 0.1) is 5.92 Å². The SMILES string of the molecule is COc1ccc(OC)c(N(CCC(=O)O)C(=O)C2CC2)c1. The molecule has 2 rings (SSSR count). The lowest BCUT2D eigenvalue weighted by atomic mass is 10.2. The minimum atomic E-state index is -0.939. The van der Waals surface area contributed by atoms with Crippen LogP contribution in [0.4, 0.5) is 5.69 Å². The van der Waals surface area contributed by atoms with Gasteiger partial charge in [0.15, 0.2) is 0 Å². The maximum atomic E-state index is 12.4. The van der Waals surface area contributed by atoms with Crippen molar-refractivity contribution < 1.29 is 24.2 Å². The van der Waals surface area contributed by atoms with E-state index in [1.54, 1.807) is 18.2 Å². The van der Waals surface area contributed by atoms with E-state index in [9.17, 15) is 9.59 Å². The van der Waals surface area contributed by atoms with Crippen LogP contribution in [0.5, 0.6) is 11.5 Å². The lowest BCUT2D eigenvalue weighted by Crippen LogP contribution is -2.34. The first-order valence-electron chi connectivity index (χ1n) is 6.82. The number of aliphatic carboxylic acids is 1. The molecule has 1 aliphatic carbocycles. The first-order chi connectivity index (χ1) is 10.1. The Bertz CT molecular complexity index is 539. The molecule has 0 heterocycles. The second-order valence-corrected chi connectivity index (χ2v) is 4.95. The highest BCUT2D eigenvalue weighted by molar-refractivity contribution is 5.98. The summed E-state index contributed by atoms with van der Waals surface area (Å²) in [6, 6.07) is 5.14. The number of hydrogen-bond acceptors (Lipinski definition) is 4. The summed E-state index contributed by atoms with van der Waals surface area (Å²) in [6.07, 6.45) is 1.60. The van der Waals surface area contributed by atoms with Crippen LogP contribution < -0.4 is 14.4 Å². The monoisotopic (exact) mass is 293 g/mol. The van der Waals surface area contributed by atoms with Crippen molar-refractivity contribution in [3.8, 4) is 11.5 Å². The molecule has 1 aromatic rings. The Labute approximate surface area is 123 Å². The summed E-state index contributed by atoms with van der Waals surface area (Å²) in [7, 11) is 3.05. The summed E-state index contributed by atoms with van der Waals surface area (Å²) in [5, 5.41) is 8.88. The molecular weight excluding hydrogens is 274 g/mol. The average molecular weight is 293 g/mol. The minimum absolute atomic E-state index is 0.00491. The third-order valence-electron chi connectivity index (χ3n) is 3.42. The first-order valence-corrected chi connectivity index (χ1v) is 6.82. The smallest absolute Gasteiger partial charge is 0.305 e. The van der Waals surface area contributed by atoms with Gasteiger partial charge in [0, 0.05) is 18.5 Å². The van der Waals surface area contributed by atoms with Crippen LogP contribution in [0.3, 0.4) is 0 Å². The van der Waals surface area contributed by atoms with Crippen molar-refractivity contribution in [1.82, 2.24) is 0 Å². The third kappa shape index (κ3) is 3.65. The topological polar surface area (TPSA) is 76.1 Å². The number of hydrogen-bond donors (Lipinski definition) is 1. The maximum absolute atomic E-state index is 12.4. The molecule has 114 valence electrons. The van der Waals surface area contributed by atoms with Crippen molar-refractivity contribution >= 4 is 17.6 Å². The van der Waals surface area contributed by atoms with Gasteiger partial charge in [0.1, 0.15) is 11.5 Å². The molecule has 1 aliphatic rings. The number of methoxy groups -OCH3 is 2. The van der Waals surface area contributed by atoms with Gasteiger partial charge in [-0.25, -0.2) is 0 Å². The van der Waals surface area contributed by atoms with E-state index in [4.69, 9.17) is 14.6 Å². The molecule has 0 saturated heterocycles. The highest BCUT2D eigenvalue weighted by Gasteiger charge is 2.35. The fourth-order valence-corrected chi connectivity index (χ4v) is 2.12. The van der Waals surface area contributed by atoms with E-state index < -0.39 is 5.97 Å². The van der Waals surface area contributed by atoms with Crippen LogP contribution in [0.15, 0.2) is 18.2 Å². The molecule has 1 N–H and O–H groups in total. The summed E-state index contributed by atoms with van der Waals surface area (Å²) in [6.45, 7) is 0.119. The van der Waals surface area contributed by atoms with Gasteiger partial charge in [-0.15, -0.1) is 0 Å². The molecule has 0 atom stereocenters.